The summed E-state index contributed by atoms with van der Waals surface area (Å²) in [6.07, 6.45) is 0. The summed E-state index contributed by atoms with van der Waals surface area (Å²) in [5, 5.41) is 25.6. The minimum atomic E-state index is -0.508. The van der Waals surface area contributed by atoms with Gasteiger partial charge in [-0.15, -0.1) is 0 Å². The van der Waals surface area contributed by atoms with Crippen molar-refractivity contribution in [2.24, 2.45) is 7.05 Å². The fourth-order valence-electron chi connectivity index (χ4n) is 1.62. The normalized spacial score (nSPS) is 10.3. The van der Waals surface area contributed by atoms with E-state index >= 15 is 0 Å². The number of carbonyl (C=O) groups is 1. The number of aromatic nitrogens is 2. The molecule has 0 aliphatic rings. The van der Waals surface area contributed by atoms with E-state index < -0.39 is 5.91 Å². The van der Waals surface area contributed by atoms with Gasteiger partial charge in [-0.3, -0.25) is 9.48 Å². The Morgan fingerprint density at radius 2 is 2.06 bits per heavy atom. The molecule has 1 aromatic carbocycles. The second-order valence-corrected chi connectivity index (χ2v) is 3.95. The van der Waals surface area contributed by atoms with Crippen LogP contribution >= 0.6 is 0 Å². The Labute approximate surface area is 103 Å². The molecule has 18 heavy (non-hydrogen) atoms. The van der Waals surface area contributed by atoms with Crippen molar-refractivity contribution in [3.63, 3.8) is 0 Å². The summed E-state index contributed by atoms with van der Waals surface area (Å²) in [7, 11) is 1.70. The van der Waals surface area contributed by atoms with Gasteiger partial charge in [0.05, 0.1) is 11.3 Å². The molecule has 0 unspecified atom stereocenters. The first-order valence-corrected chi connectivity index (χ1v) is 5.31. The van der Waals surface area contributed by atoms with Crippen LogP contribution in [0.1, 0.15) is 16.1 Å². The topological polar surface area (TPSA) is 87.4 Å². The number of nitrogens with one attached hydrogen (secondary N) is 1. The van der Waals surface area contributed by atoms with E-state index in [1.807, 2.05) is 6.92 Å². The van der Waals surface area contributed by atoms with Crippen molar-refractivity contribution in [3.8, 4) is 11.5 Å². The maximum Gasteiger partial charge on any atom is 0.260 e. The molecule has 3 N–H and O–H groups in total. The monoisotopic (exact) mass is 247 g/mol. The number of rotatable bonds is 2. The molecule has 0 saturated heterocycles. The minimum Gasteiger partial charge on any atom is -0.508 e. The van der Waals surface area contributed by atoms with E-state index in [9.17, 15) is 15.0 Å². The highest BCUT2D eigenvalue weighted by atomic mass is 16.3. The number of nitrogens with zero attached hydrogens (tertiary/aromatic N) is 2. The van der Waals surface area contributed by atoms with Gasteiger partial charge in [-0.05, 0) is 25.1 Å². The average Bonchev–Trinajstić information content (AvgIpc) is 2.61. The Morgan fingerprint density at radius 1 is 1.33 bits per heavy atom. The largest absolute Gasteiger partial charge is 0.508 e. The van der Waals surface area contributed by atoms with Gasteiger partial charge in [-0.25, -0.2) is 0 Å². The van der Waals surface area contributed by atoms with Crippen molar-refractivity contribution >= 4 is 11.7 Å². The predicted octanol–water partition coefficient (Wildman–Crippen LogP) is 1.39. The van der Waals surface area contributed by atoms with E-state index in [0.717, 1.165) is 5.69 Å². The molecule has 2 rings (SSSR count). The molecule has 0 spiro atoms. The zero-order valence-electron chi connectivity index (χ0n) is 10.0. The molecule has 1 aromatic heterocycles. The Kier molecular flexibility index (Phi) is 2.93. The maximum absolute atomic E-state index is 11.9. The summed E-state index contributed by atoms with van der Waals surface area (Å²) in [6.45, 7) is 1.81. The molecule has 2 aromatic rings. The van der Waals surface area contributed by atoms with Crippen LogP contribution in [0.4, 0.5) is 5.82 Å². The van der Waals surface area contributed by atoms with Crippen LogP contribution in [0.3, 0.4) is 0 Å². The van der Waals surface area contributed by atoms with E-state index in [2.05, 4.69) is 10.4 Å². The Bertz CT molecular complexity index is 605. The molecule has 0 bridgehead atoms. The molecule has 0 aliphatic heterocycles. The van der Waals surface area contributed by atoms with Crippen LogP contribution in [0, 0.1) is 6.92 Å². The smallest absolute Gasteiger partial charge is 0.260 e. The quantitative estimate of drug-likeness (QED) is 0.700. The third kappa shape index (κ3) is 2.27. The minimum absolute atomic E-state index is 0.00820. The molecule has 0 saturated carbocycles. The summed E-state index contributed by atoms with van der Waals surface area (Å²) in [6, 6.07) is 5.48. The molecule has 0 atom stereocenters. The summed E-state index contributed by atoms with van der Waals surface area (Å²) in [5.41, 5.74) is 0.779. The molecule has 1 heterocycles. The van der Waals surface area contributed by atoms with E-state index in [1.54, 1.807) is 13.1 Å². The van der Waals surface area contributed by atoms with Crippen molar-refractivity contribution < 1.29 is 15.0 Å². The number of phenolic OH excluding ortho intramolecular Hbond substituents is 2. The Morgan fingerprint density at radius 3 is 2.67 bits per heavy atom. The standard InChI is InChI=1S/C12H13N3O3/c1-7-5-11(15(2)14-7)13-12(18)9-6-8(16)3-4-10(9)17/h3-6,16-17H,1-2H3,(H,13,18). The molecule has 0 radical (unpaired) electrons. The first-order chi connectivity index (χ1) is 8.47. The van der Waals surface area contributed by atoms with Crippen LogP contribution in [0.5, 0.6) is 11.5 Å². The van der Waals surface area contributed by atoms with E-state index in [1.165, 1.54) is 22.9 Å². The summed E-state index contributed by atoms with van der Waals surface area (Å²) >= 11 is 0. The van der Waals surface area contributed by atoms with Gasteiger partial charge in [0.25, 0.3) is 5.91 Å². The second kappa shape index (κ2) is 4.40. The van der Waals surface area contributed by atoms with E-state index in [4.69, 9.17) is 0 Å². The zero-order chi connectivity index (χ0) is 13.3. The number of aromatic hydroxyl groups is 2. The van der Waals surface area contributed by atoms with Crippen LogP contribution in [0.15, 0.2) is 24.3 Å². The highest BCUT2D eigenvalue weighted by Crippen LogP contribution is 2.23. The SMILES string of the molecule is Cc1cc(NC(=O)c2cc(O)ccc2O)n(C)n1. The third-order valence-electron chi connectivity index (χ3n) is 2.47. The Hall–Kier alpha value is -2.50. The lowest BCUT2D eigenvalue weighted by Crippen LogP contribution is -2.14. The molecule has 6 nitrogen and oxygen atoms in total. The van der Waals surface area contributed by atoms with Crippen molar-refractivity contribution in [1.29, 1.82) is 0 Å². The summed E-state index contributed by atoms with van der Waals surface area (Å²) in [4.78, 5) is 11.9. The van der Waals surface area contributed by atoms with Gasteiger partial charge < -0.3 is 15.5 Å². The number of hydrogen-bond donors (Lipinski definition) is 3. The van der Waals surface area contributed by atoms with Crippen LogP contribution in [0.2, 0.25) is 0 Å². The fourth-order valence-corrected chi connectivity index (χ4v) is 1.62. The second-order valence-electron chi connectivity index (χ2n) is 3.95. The van der Waals surface area contributed by atoms with Gasteiger partial charge in [0.15, 0.2) is 0 Å². The summed E-state index contributed by atoms with van der Waals surface area (Å²) < 4.78 is 1.52. The molecule has 0 aliphatic carbocycles. The highest BCUT2D eigenvalue weighted by Gasteiger charge is 2.14. The van der Waals surface area contributed by atoms with Crippen molar-refractivity contribution in [3.05, 3.63) is 35.5 Å². The molecule has 94 valence electrons. The lowest BCUT2D eigenvalue weighted by Gasteiger charge is -2.07. The van der Waals surface area contributed by atoms with Crippen molar-refractivity contribution in [2.75, 3.05) is 5.32 Å². The van der Waals surface area contributed by atoms with Crippen LogP contribution in [0.25, 0.3) is 0 Å². The van der Waals surface area contributed by atoms with E-state index in [-0.39, 0.29) is 17.1 Å². The number of phenols is 2. The number of carbonyl (C=O) groups excluding carboxylic acids is 1. The van der Waals surface area contributed by atoms with Gasteiger partial charge in [-0.2, -0.15) is 5.10 Å². The summed E-state index contributed by atoms with van der Waals surface area (Å²) in [5.74, 6) is -0.269. The highest BCUT2D eigenvalue weighted by molar-refractivity contribution is 6.06. The molecular formula is C12H13N3O3. The lowest BCUT2D eigenvalue weighted by molar-refractivity contribution is 0.102. The van der Waals surface area contributed by atoms with Gasteiger partial charge >= 0.3 is 0 Å². The maximum atomic E-state index is 11.9. The lowest BCUT2D eigenvalue weighted by atomic mass is 10.2. The molecule has 1 amide bonds. The van der Waals surface area contributed by atoms with Crippen LogP contribution in [-0.2, 0) is 7.05 Å². The average molecular weight is 247 g/mol. The van der Waals surface area contributed by atoms with Gasteiger partial charge in [-0.1, -0.05) is 0 Å². The van der Waals surface area contributed by atoms with Gasteiger partial charge in [0, 0.05) is 13.1 Å². The van der Waals surface area contributed by atoms with Crippen molar-refractivity contribution in [1.82, 2.24) is 9.78 Å². The number of benzene rings is 1. The van der Waals surface area contributed by atoms with Gasteiger partial charge in [0.1, 0.15) is 17.3 Å². The molecule has 6 heteroatoms. The molecular weight excluding hydrogens is 234 g/mol. The zero-order valence-corrected chi connectivity index (χ0v) is 10.0. The van der Waals surface area contributed by atoms with Crippen LogP contribution in [-0.4, -0.2) is 25.9 Å². The van der Waals surface area contributed by atoms with Crippen LogP contribution < -0.4 is 5.32 Å². The first kappa shape index (κ1) is 12.0. The Balaban J connectivity index is 2.27. The number of anilines is 1. The number of aryl methyl sites for hydroxylation is 2. The van der Waals surface area contributed by atoms with E-state index in [0.29, 0.717) is 5.82 Å². The first-order valence-electron chi connectivity index (χ1n) is 5.31. The van der Waals surface area contributed by atoms with Crippen molar-refractivity contribution in [2.45, 2.75) is 6.92 Å². The number of hydrogen-bond acceptors (Lipinski definition) is 4. The third-order valence-corrected chi connectivity index (χ3v) is 2.47. The predicted molar refractivity (Wildman–Crippen MR) is 65.7 cm³/mol. The van der Waals surface area contributed by atoms with Gasteiger partial charge in [0.2, 0.25) is 0 Å². The number of amides is 1. The fraction of sp³-hybridized carbons (Fsp3) is 0.167. The molecule has 0 fully saturated rings.